The summed E-state index contributed by atoms with van der Waals surface area (Å²) >= 11 is 0. The molecule has 15 heteroatoms. The maximum atomic E-state index is 10.6. The van der Waals surface area contributed by atoms with Gasteiger partial charge in [-0.2, -0.15) is 0 Å². The third-order valence-electron chi connectivity index (χ3n) is 6.31. The highest BCUT2D eigenvalue weighted by molar-refractivity contribution is 7.96. The molecule has 4 heterocycles. The Morgan fingerprint density at radius 3 is 2.61 bits per heavy atom. The number of hydrogen-bond donors (Lipinski definition) is 4. The number of imidazole rings is 1. The number of aryl methyl sites for hydroxylation is 1. The third-order valence-corrected chi connectivity index (χ3v) is 8.19. The van der Waals surface area contributed by atoms with Crippen molar-refractivity contribution in [2.24, 2.45) is 0 Å². The van der Waals surface area contributed by atoms with Gasteiger partial charge in [0.2, 0.25) is 0 Å². The molecule has 0 aliphatic carbocycles. The number of benzene rings is 1. The zero-order valence-electron chi connectivity index (χ0n) is 20.5. The zero-order chi connectivity index (χ0) is 27.4. The van der Waals surface area contributed by atoms with E-state index in [1.807, 2.05) is 6.07 Å². The third kappa shape index (κ3) is 6.91. The molecule has 5 N–H and O–H groups in total. The predicted molar refractivity (Wildman–Crippen MR) is 130 cm³/mol. The number of para-hydroxylation sites is 1. The molecule has 1 unspecified atom stereocenters. The van der Waals surface area contributed by atoms with Gasteiger partial charge in [-0.1, -0.05) is 18.2 Å². The zero-order valence-corrected chi connectivity index (χ0v) is 22.0. The Morgan fingerprint density at radius 1 is 1.11 bits per heavy atom. The number of halogens is 1. The minimum absolute atomic E-state index is 0.0622. The van der Waals surface area contributed by atoms with E-state index >= 15 is 0 Å². The number of nitrogens with one attached hydrogen (secondary N) is 1. The number of fused-ring (bicyclic) bond motifs is 2. The molecule has 1 fully saturated rings. The molecule has 38 heavy (non-hydrogen) atoms. The molecule has 1 aliphatic heterocycles. The number of nitrogens with zero attached hydrogens (tertiary/aromatic N) is 4. The van der Waals surface area contributed by atoms with Crippen molar-refractivity contribution in [3.8, 4) is 0 Å². The highest BCUT2D eigenvalue weighted by Gasteiger charge is 2.46. The number of H-pyrrole nitrogens is 1. The highest BCUT2D eigenvalue weighted by atomic mass is 35.7. The monoisotopic (exact) mass is 568 g/mol. The smallest absolute Gasteiger partial charge is 0.167 e. The van der Waals surface area contributed by atoms with Crippen LogP contribution in [0.15, 0.2) is 43.1 Å². The average Bonchev–Trinajstić information content (AvgIpc) is 3.54. The van der Waals surface area contributed by atoms with Crippen molar-refractivity contribution < 1.29 is 43.8 Å². The summed E-state index contributed by atoms with van der Waals surface area (Å²) in [6.45, 7) is 0. The number of unbranched alkanes of at least 4 members (excludes halogenated alkanes) is 1. The van der Waals surface area contributed by atoms with E-state index in [4.69, 9.17) is 29.1 Å². The van der Waals surface area contributed by atoms with E-state index < -0.39 is 34.8 Å². The summed E-state index contributed by atoms with van der Waals surface area (Å²) in [6, 6.07) is 8.39. The van der Waals surface area contributed by atoms with Gasteiger partial charge in [0.15, 0.2) is 17.7 Å². The maximum absolute atomic E-state index is 10.6. The molecule has 0 radical (unpaired) electrons. The van der Waals surface area contributed by atoms with Crippen molar-refractivity contribution in [2.45, 2.75) is 43.8 Å². The molecule has 0 spiro atoms. The number of rotatable bonds is 8. The molecule has 0 saturated carbocycles. The van der Waals surface area contributed by atoms with Gasteiger partial charge in [0.1, 0.15) is 41.7 Å². The first-order chi connectivity index (χ1) is 18.0. The Kier molecular flexibility index (Phi) is 9.07. The molecule has 1 aliphatic rings. The standard InChI is InChI=1S/C23H29N6O3S.ClHO4/c1-33(9-5-4-6-14-10-25-16-8-3-2-7-15(14)16)11-17-19(30)20(31)23(32-17)29-13-28-18-21(24)26-12-27-22(18)29;2-1(3,4)5/h2-3,7-8,10,12-13,17,19-20,23,25,30-31H,4-6,9,11H2,1H3,(H2,24,26,27);(H,2,3,4,5)/q+1;/p-1/t17-,19-,20-,23-,33?;/m1./s1. The number of nitrogens with two attached hydrogens (primary N) is 1. The van der Waals surface area contributed by atoms with Gasteiger partial charge in [-0.25, -0.2) is 33.6 Å². The van der Waals surface area contributed by atoms with Crippen LogP contribution in [-0.4, -0.2) is 70.8 Å². The molecular formula is C23H29ClN6O7S. The first kappa shape index (κ1) is 28.5. The minimum Gasteiger partial charge on any atom is -0.387 e. The van der Waals surface area contributed by atoms with Crippen molar-refractivity contribution in [3.05, 3.63) is 48.7 Å². The number of aromatic nitrogens is 5. The first-order valence-corrected chi connectivity index (χ1v) is 14.9. The van der Waals surface area contributed by atoms with Crippen LogP contribution in [0.4, 0.5) is 5.82 Å². The lowest BCUT2D eigenvalue weighted by atomic mass is 10.1. The fourth-order valence-corrected chi connectivity index (χ4v) is 6.22. The van der Waals surface area contributed by atoms with Crippen LogP contribution < -0.4 is 24.4 Å². The van der Waals surface area contributed by atoms with Crippen molar-refractivity contribution in [1.82, 2.24) is 24.5 Å². The number of anilines is 1. The van der Waals surface area contributed by atoms with Gasteiger partial charge in [0, 0.05) is 17.1 Å². The van der Waals surface area contributed by atoms with E-state index in [0.29, 0.717) is 16.9 Å². The fraction of sp³-hybridized carbons (Fsp3) is 0.435. The Bertz CT molecular complexity index is 1340. The first-order valence-electron chi connectivity index (χ1n) is 11.7. The summed E-state index contributed by atoms with van der Waals surface area (Å²) in [5.74, 6) is 2.03. The largest absolute Gasteiger partial charge is 0.387 e. The lowest BCUT2D eigenvalue weighted by molar-refractivity contribution is -2.00. The van der Waals surface area contributed by atoms with Gasteiger partial charge in [0.25, 0.3) is 0 Å². The van der Waals surface area contributed by atoms with E-state index in [0.717, 1.165) is 25.0 Å². The van der Waals surface area contributed by atoms with Crippen LogP contribution in [0.1, 0.15) is 24.6 Å². The van der Waals surface area contributed by atoms with Crippen molar-refractivity contribution in [2.75, 3.05) is 23.5 Å². The normalized spacial score (nSPS) is 22.5. The second kappa shape index (κ2) is 12.1. The van der Waals surface area contributed by atoms with Crippen LogP contribution in [0.3, 0.4) is 0 Å². The van der Waals surface area contributed by atoms with E-state index in [2.05, 4.69) is 50.6 Å². The minimum atomic E-state index is -4.94. The molecule has 3 aromatic heterocycles. The molecular weight excluding hydrogens is 540 g/mol. The summed E-state index contributed by atoms with van der Waals surface area (Å²) in [6.07, 6.45) is 7.21. The summed E-state index contributed by atoms with van der Waals surface area (Å²) in [4.78, 5) is 15.7. The molecule has 4 aromatic rings. The number of aliphatic hydroxyl groups is 2. The van der Waals surface area contributed by atoms with Gasteiger partial charge in [0.05, 0.1) is 12.6 Å². The molecule has 206 valence electrons. The number of ether oxygens (including phenoxy) is 1. The van der Waals surface area contributed by atoms with Crippen LogP contribution in [0, 0.1) is 10.2 Å². The van der Waals surface area contributed by atoms with Crippen molar-refractivity contribution in [1.29, 1.82) is 0 Å². The second-order valence-electron chi connectivity index (χ2n) is 8.98. The van der Waals surface area contributed by atoms with Gasteiger partial charge in [-0.3, -0.25) is 4.57 Å². The molecule has 5 atom stereocenters. The van der Waals surface area contributed by atoms with Gasteiger partial charge >= 0.3 is 0 Å². The Balaban J connectivity index is 0.000000617. The van der Waals surface area contributed by atoms with E-state index in [-0.39, 0.29) is 16.7 Å². The molecule has 0 amide bonds. The van der Waals surface area contributed by atoms with Gasteiger partial charge in [-0.05, 0) is 41.8 Å². The SMILES string of the molecule is C[S+](CCCCc1c[nH]c2ccccc12)C[C@H]1O[C@@H](n2cnc3c(N)ncnc32)[C@H](O)[C@@H]1O.[O-][Cl+3]([O-])([O-])[O-]. The second-order valence-corrected chi connectivity index (χ2v) is 12.0. The maximum Gasteiger partial charge on any atom is 0.167 e. The van der Waals surface area contributed by atoms with Crippen LogP contribution in [-0.2, 0) is 22.1 Å². The Morgan fingerprint density at radius 2 is 1.84 bits per heavy atom. The van der Waals surface area contributed by atoms with Crippen LogP contribution >= 0.6 is 0 Å². The topological polar surface area (TPSA) is 227 Å². The fourth-order valence-electron chi connectivity index (χ4n) is 4.52. The number of hydrogen-bond acceptors (Lipinski definition) is 11. The van der Waals surface area contributed by atoms with Crippen LogP contribution in [0.2, 0.25) is 0 Å². The summed E-state index contributed by atoms with van der Waals surface area (Å²) < 4.78 is 41.7. The van der Waals surface area contributed by atoms with Gasteiger partial charge in [-0.15, -0.1) is 10.2 Å². The molecule has 5 rings (SSSR count). The highest BCUT2D eigenvalue weighted by Crippen LogP contribution is 2.32. The molecule has 0 bridgehead atoms. The van der Waals surface area contributed by atoms with Crippen molar-refractivity contribution in [3.63, 3.8) is 0 Å². The lowest BCUT2D eigenvalue weighted by Gasteiger charge is -2.17. The predicted octanol–water partition coefficient (Wildman–Crippen LogP) is -2.98. The van der Waals surface area contributed by atoms with Crippen molar-refractivity contribution >= 4 is 38.8 Å². The van der Waals surface area contributed by atoms with E-state index in [9.17, 15) is 10.2 Å². The summed E-state index contributed by atoms with van der Waals surface area (Å²) in [5.41, 5.74) is 9.34. The lowest BCUT2D eigenvalue weighted by Crippen LogP contribution is -2.68. The van der Waals surface area contributed by atoms with Gasteiger partial charge < -0.3 is 25.7 Å². The van der Waals surface area contributed by atoms with E-state index in [1.165, 1.54) is 29.1 Å². The average molecular weight is 569 g/mol. The summed E-state index contributed by atoms with van der Waals surface area (Å²) in [7, 11) is -4.88. The van der Waals surface area contributed by atoms with Crippen LogP contribution in [0.5, 0.6) is 0 Å². The number of nitrogen functional groups attached to an aromatic ring is 1. The van der Waals surface area contributed by atoms with E-state index in [1.54, 1.807) is 4.57 Å². The quantitative estimate of drug-likeness (QED) is 0.124. The van der Waals surface area contributed by atoms with Crippen LogP contribution in [0.25, 0.3) is 22.1 Å². The Hall–Kier alpha value is -2.53. The molecule has 1 saturated heterocycles. The molecule has 13 nitrogen and oxygen atoms in total. The molecule has 1 aromatic carbocycles. The Labute approximate surface area is 223 Å². The summed E-state index contributed by atoms with van der Waals surface area (Å²) in [5, 5.41) is 22.6. The number of aromatic amines is 1. The number of aliphatic hydroxyl groups excluding tert-OH is 2.